The molecule has 5 heteroatoms. The molecule has 0 N–H and O–H groups in total. The Balaban J connectivity index is 2.30. The first kappa shape index (κ1) is 14.2. The second kappa shape index (κ2) is 4.71. The summed E-state index contributed by atoms with van der Waals surface area (Å²) in [5.41, 5.74) is 1.02. The Labute approximate surface area is 115 Å². The fourth-order valence-electron chi connectivity index (χ4n) is 2.37. The molecule has 0 aliphatic carbocycles. The maximum Gasteiger partial charge on any atom is 0.329 e. The monoisotopic (exact) mass is 263 g/mol. The maximum absolute atomic E-state index is 6.19. The summed E-state index contributed by atoms with van der Waals surface area (Å²) in [6.07, 6.45) is 2.78. The number of rotatable bonds is 3. The molecule has 0 atom stereocenters. The lowest BCUT2D eigenvalue weighted by Gasteiger charge is -2.34. The Bertz CT molecular complexity index is 458. The van der Waals surface area contributed by atoms with Crippen LogP contribution < -0.4 is 14.9 Å². The fraction of sp³-hybridized carbons (Fsp3) is 0.643. The summed E-state index contributed by atoms with van der Waals surface area (Å²) in [4.78, 5) is 4.28. The van der Waals surface area contributed by atoms with E-state index in [1.54, 1.807) is 14.2 Å². The summed E-state index contributed by atoms with van der Waals surface area (Å²) in [5, 5.41) is 0. The van der Waals surface area contributed by atoms with Gasteiger partial charge in [-0.2, -0.15) is 0 Å². The van der Waals surface area contributed by atoms with Crippen molar-refractivity contribution in [2.45, 2.75) is 39.6 Å². The third-order valence-corrected chi connectivity index (χ3v) is 4.39. The summed E-state index contributed by atoms with van der Waals surface area (Å²) < 4.78 is 16.6. The second-order valence-electron chi connectivity index (χ2n) is 6.18. The highest BCUT2D eigenvalue weighted by Crippen LogP contribution is 2.45. The zero-order chi connectivity index (χ0) is 14.3. The molecular weight excluding hydrogens is 241 g/mol. The van der Waals surface area contributed by atoms with E-state index in [1.165, 1.54) is 0 Å². The molecule has 0 amide bonds. The molecule has 0 bridgehead atoms. The highest BCUT2D eigenvalue weighted by atomic mass is 16.5. The molecule has 0 saturated carbocycles. The van der Waals surface area contributed by atoms with E-state index in [2.05, 4.69) is 32.7 Å². The minimum atomic E-state index is -0.148. The smallest absolute Gasteiger partial charge is 0.329 e. The standard InChI is InChI=1S/C14H22BNO3/c1-13(2)9-15(19-14(13,3)4)10-7-11(17-5)12(18-6)16-8-10/h7-8H,9H2,1-6H3. The fourth-order valence-corrected chi connectivity index (χ4v) is 2.37. The molecule has 0 radical (unpaired) electrons. The van der Waals surface area contributed by atoms with Crippen LogP contribution in [0, 0.1) is 5.41 Å². The van der Waals surface area contributed by atoms with Crippen LogP contribution in [-0.2, 0) is 4.65 Å². The van der Waals surface area contributed by atoms with Gasteiger partial charge in [-0.05, 0) is 37.1 Å². The van der Waals surface area contributed by atoms with Gasteiger partial charge in [0, 0.05) is 6.20 Å². The van der Waals surface area contributed by atoms with E-state index in [4.69, 9.17) is 14.1 Å². The van der Waals surface area contributed by atoms with Gasteiger partial charge in [0.2, 0.25) is 0 Å². The zero-order valence-electron chi connectivity index (χ0n) is 12.6. The molecule has 1 fully saturated rings. The third-order valence-electron chi connectivity index (χ3n) is 4.39. The van der Waals surface area contributed by atoms with Crippen LogP contribution in [0.2, 0.25) is 6.32 Å². The summed E-state index contributed by atoms with van der Waals surface area (Å²) >= 11 is 0. The molecule has 19 heavy (non-hydrogen) atoms. The number of nitrogens with zero attached hydrogens (tertiary/aromatic N) is 1. The Morgan fingerprint density at radius 3 is 2.37 bits per heavy atom. The van der Waals surface area contributed by atoms with Crippen LogP contribution in [0.15, 0.2) is 12.3 Å². The number of aromatic nitrogens is 1. The number of hydrogen-bond donors (Lipinski definition) is 0. The van der Waals surface area contributed by atoms with Crippen LogP contribution >= 0.6 is 0 Å². The summed E-state index contributed by atoms with van der Waals surface area (Å²) in [7, 11) is 3.20. The van der Waals surface area contributed by atoms with Gasteiger partial charge in [-0.3, -0.25) is 0 Å². The van der Waals surface area contributed by atoms with Crippen LogP contribution in [0.1, 0.15) is 27.7 Å². The van der Waals surface area contributed by atoms with Crippen LogP contribution in [-0.4, -0.2) is 31.7 Å². The van der Waals surface area contributed by atoms with Crippen molar-refractivity contribution < 1.29 is 14.1 Å². The molecule has 1 aliphatic rings. The molecule has 1 aliphatic heterocycles. The van der Waals surface area contributed by atoms with Crippen molar-refractivity contribution in [2.75, 3.05) is 14.2 Å². The van der Waals surface area contributed by atoms with Gasteiger partial charge in [-0.1, -0.05) is 13.8 Å². The van der Waals surface area contributed by atoms with E-state index in [0.717, 1.165) is 11.8 Å². The van der Waals surface area contributed by atoms with Gasteiger partial charge >= 0.3 is 6.92 Å². The van der Waals surface area contributed by atoms with E-state index in [0.29, 0.717) is 11.6 Å². The van der Waals surface area contributed by atoms with Crippen LogP contribution in [0.3, 0.4) is 0 Å². The van der Waals surface area contributed by atoms with E-state index in [-0.39, 0.29) is 17.9 Å². The normalized spacial score (nSPS) is 20.4. The van der Waals surface area contributed by atoms with Crippen LogP contribution in [0.25, 0.3) is 0 Å². The van der Waals surface area contributed by atoms with E-state index >= 15 is 0 Å². The second-order valence-corrected chi connectivity index (χ2v) is 6.18. The van der Waals surface area contributed by atoms with Crippen molar-refractivity contribution in [3.8, 4) is 11.6 Å². The van der Waals surface area contributed by atoms with Crippen LogP contribution in [0.4, 0.5) is 0 Å². The van der Waals surface area contributed by atoms with Gasteiger partial charge in [0.25, 0.3) is 5.88 Å². The molecule has 2 rings (SSSR count). The molecule has 0 unspecified atom stereocenters. The Kier molecular flexibility index (Phi) is 3.52. The molecule has 104 valence electrons. The predicted molar refractivity (Wildman–Crippen MR) is 76.5 cm³/mol. The minimum Gasteiger partial charge on any atom is -0.491 e. The van der Waals surface area contributed by atoms with Gasteiger partial charge in [0.05, 0.1) is 19.8 Å². The van der Waals surface area contributed by atoms with Crippen LogP contribution in [0.5, 0.6) is 11.6 Å². The first-order chi connectivity index (χ1) is 8.80. The number of pyridine rings is 1. The molecule has 1 aromatic rings. The van der Waals surface area contributed by atoms with Crippen molar-refractivity contribution in [3.05, 3.63) is 12.3 Å². The van der Waals surface area contributed by atoms with Gasteiger partial charge in [0.1, 0.15) is 0 Å². The van der Waals surface area contributed by atoms with Gasteiger partial charge in [-0.15, -0.1) is 0 Å². The van der Waals surface area contributed by atoms with Gasteiger partial charge in [-0.25, -0.2) is 4.98 Å². The van der Waals surface area contributed by atoms with Crippen molar-refractivity contribution in [3.63, 3.8) is 0 Å². The molecule has 2 heterocycles. The third kappa shape index (κ3) is 2.44. The summed E-state index contributed by atoms with van der Waals surface area (Å²) in [5.74, 6) is 1.15. The van der Waals surface area contributed by atoms with E-state index < -0.39 is 0 Å². The first-order valence-electron chi connectivity index (χ1n) is 6.56. The molecule has 0 spiro atoms. The van der Waals surface area contributed by atoms with Gasteiger partial charge < -0.3 is 14.1 Å². The molecule has 4 nitrogen and oxygen atoms in total. The lowest BCUT2D eigenvalue weighted by Crippen LogP contribution is -2.36. The Hall–Kier alpha value is -1.23. The SMILES string of the molecule is COc1cc(B2CC(C)(C)C(C)(C)O2)cnc1OC. The highest BCUT2D eigenvalue weighted by molar-refractivity contribution is 6.68. The molecular formula is C14H22BNO3. The van der Waals surface area contributed by atoms with Crippen molar-refractivity contribution in [1.29, 1.82) is 0 Å². The Morgan fingerprint density at radius 1 is 1.21 bits per heavy atom. The molecule has 1 aromatic heterocycles. The average molecular weight is 263 g/mol. The maximum atomic E-state index is 6.19. The zero-order valence-corrected chi connectivity index (χ0v) is 12.6. The predicted octanol–water partition coefficient (Wildman–Crippen LogP) is 2.13. The lowest BCUT2D eigenvalue weighted by molar-refractivity contribution is 0.0375. The Morgan fingerprint density at radius 2 is 1.89 bits per heavy atom. The largest absolute Gasteiger partial charge is 0.491 e. The number of hydrogen-bond acceptors (Lipinski definition) is 4. The summed E-state index contributed by atoms with van der Waals surface area (Å²) in [6, 6.07) is 1.95. The molecule has 1 saturated heterocycles. The lowest BCUT2D eigenvalue weighted by atomic mass is 9.54. The average Bonchev–Trinajstić information content (AvgIpc) is 2.57. The van der Waals surface area contributed by atoms with Crippen molar-refractivity contribution in [2.24, 2.45) is 5.41 Å². The summed E-state index contributed by atoms with van der Waals surface area (Å²) in [6.45, 7) is 8.81. The molecule has 0 aromatic carbocycles. The number of ether oxygens (including phenoxy) is 2. The van der Waals surface area contributed by atoms with E-state index in [1.807, 2.05) is 12.3 Å². The van der Waals surface area contributed by atoms with E-state index in [9.17, 15) is 0 Å². The van der Waals surface area contributed by atoms with Crippen molar-refractivity contribution >= 4 is 12.4 Å². The minimum absolute atomic E-state index is 0.0531. The highest BCUT2D eigenvalue weighted by Gasteiger charge is 2.50. The first-order valence-corrected chi connectivity index (χ1v) is 6.56. The number of methoxy groups -OCH3 is 2. The van der Waals surface area contributed by atoms with Gasteiger partial charge in [0.15, 0.2) is 5.75 Å². The van der Waals surface area contributed by atoms with Crippen molar-refractivity contribution in [1.82, 2.24) is 4.98 Å². The quantitative estimate of drug-likeness (QED) is 0.783. The topological polar surface area (TPSA) is 40.6 Å².